The molecule has 0 spiro atoms. The highest BCUT2D eigenvalue weighted by Crippen LogP contribution is 2.28. The highest BCUT2D eigenvalue weighted by Gasteiger charge is 2.12. The van der Waals surface area contributed by atoms with Gasteiger partial charge in [-0.3, -0.25) is 0 Å². The van der Waals surface area contributed by atoms with Crippen molar-refractivity contribution in [2.75, 3.05) is 0 Å². The van der Waals surface area contributed by atoms with Gasteiger partial charge in [0, 0.05) is 6.42 Å². The van der Waals surface area contributed by atoms with E-state index in [4.69, 9.17) is 0 Å². The van der Waals surface area contributed by atoms with Gasteiger partial charge in [0.1, 0.15) is 5.82 Å². The van der Waals surface area contributed by atoms with Crippen LogP contribution in [0.25, 0.3) is 11.0 Å². The first-order valence-corrected chi connectivity index (χ1v) is 8.76. The van der Waals surface area contributed by atoms with Gasteiger partial charge in [0.05, 0.1) is 11.0 Å². The van der Waals surface area contributed by atoms with E-state index in [0.29, 0.717) is 0 Å². The van der Waals surface area contributed by atoms with E-state index >= 15 is 0 Å². The van der Waals surface area contributed by atoms with E-state index in [1.807, 2.05) is 0 Å². The first-order chi connectivity index (χ1) is 10.3. The standard InChI is InChI=1S/C19H28N2/c1-15-12-13-17-18(14-15)21-19(20-17)11-7-3-6-10-16-8-4-2-5-9-16/h12-14,16H,2-11H2,1H3,(H,20,21). The average Bonchev–Trinajstić information content (AvgIpc) is 2.90. The van der Waals surface area contributed by atoms with Gasteiger partial charge in [-0.25, -0.2) is 4.98 Å². The van der Waals surface area contributed by atoms with Crippen LogP contribution in [-0.2, 0) is 6.42 Å². The summed E-state index contributed by atoms with van der Waals surface area (Å²) in [5, 5.41) is 0. The molecule has 1 aromatic heterocycles. The number of aromatic nitrogens is 2. The maximum Gasteiger partial charge on any atom is 0.107 e. The van der Waals surface area contributed by atoms with Crippen molar-refractivity contribution in [1.29, 1.82) is 0 Å². The van der Waals surface area contributed by atoms with Crippen molar-refractivity contribution in [1.82, 2.24) is 9.97 Å². The second kappa shape index (κ2) is 7.11. The summed E-state index contributed by atoms with van der Waals surface area (Å²) in [6, 6.07) is 6.44. The summed E-state index contributed by atoms with van der Waals surface area (Å²) < 4.78 is 0. The molecule has 2 nitrogen and oxygen atoms in total. The van der Waals surface area contributed by atoms with Gasteiger partial charge in [0.15, 0.2) is 0 Å². The van der Waals surface area contributed by atoms with Crippen LogP contribution in [0.5, 0.6) is 0 Å². The fourth-order valence-electron chi connectivity index (χ4n) is 3.67. The van der Waals surface area contributed by atoms with E-state index in [1.54, 1.807) is 0 Å². The zero-order valence-electron chi connectivity index (χ0n) is 13.3. The molecule has 2 aromatic rings. The summed E-state index contributed by atoms with van der Waals surface area (Å²) in [5.41, 5.74) is 3.59. The maximum atomic E-state index is 4.69. The van der Waals surface area contributed by atoms with Gasteiger partial charge in [-0.15, -0.1) is 0 Å². The Kier molecular flexibility index (Phi) is 4.95. The Balaban J connectivity index is 1.40. The molecule has 1 saturated carbocycles. The second-order valence-corrected chi connectivity index (χ2v) is 6.81. The predicted molar refractivity (Wildman–Crippen MR) is 89.6 cm³/mol. The Morgan fingerprint density at radius 1 is 1.10 bits per heavy atom. The number of aromatic amines is 1. The number of H-pyrrole nitrogens is 1. The lowest BCUT2D eigenvalue weighted by atomic mass is 9.85. The smallest absolute Gasteiger partial charge is 0.107 e. The number of unbranched alkanes of at least 4 members (excludes halogenated alkanes) is 2. The minimum atomic E-state index is 1.04. The van der Waals surface area contributed by atoms with Gasteiger partial charge in [0.25, 0.3) is 0 Å². The van der Waals surface area contributed by atoms with Crippen molar-refractivity contribution >= 4 is 11.0 Å². The molecule has 1 aliphatic rings. The van der Waals surface area contributed by atoms with Gasteiger partial charge in [0.2, 0.25) is 0 Å². The molecule has 0 atom stereocenters. The number of hydrogen-bond acceptors (Lipinski definition) is 1. The first-order valence-electron chi connectivity index (χ1n) is 8.76. The van der Waals surface area contributed by atoms with Crippen LogP contribution in [0.2, 0.25) is 0 Å². The third kappa shape index (κ3) is 4.09. The predicted octanol–water partition coefficient (Wildman–Crippen LogP) is 5.55. The number of benzene rings is 1. The van der Waals surface area contributed by atoms with Crippen LogP contribution < -0.4 is 0 Å². The van der Waals surface area contributed by atoms with Crippen LogP contribution >= 0.6 is 0 Å². The molecule has 1 N–H and O–H groups in total. The monoisotopic (exact) mass is 284 g/mol. The lowest BCUT2D eigenvalue weighted by Gasteiger charge is -2.21. The second-order valence-electron chi connectivity index (χ2n) is 6.81. The number of fused-ring (bicyclic) bond motifs is 1. The van der Waals surface area contributed by atoms with E-state index in [9.17, 15) is 0 Å². The molecule has 0 aliphatic heterocycles. The molecule has 2 heteroatoms. The highest BCUT2D eigenvalue weighted by atomic mass is 14.9. The van der Waals surface area contributed by atoms with Gasteiger partial charge in [-0.1, -0.05) is 57.4 Å². The minimum absolute atomic E-state index is 1.04. The molecular weight excluding hydrogens is 256 g/mol. The summed E-state index contributed by atoms with van der Waals surface area (Å²) >= 11 is 0. The van der Waals surface area contributed by atoms with Crippen molar-refractivity contribution in [3.05, 3.63) is 29.6 Å². The summed E-state index contributed by atoms with van der Waals surface area (Å²) in [4.78, 5) is 8.15. The van der Waals surface area contributed by atoms with E-state index < -0.39 is 0 Å². The Morgan fingerprint density at radius 3 is 2.81 bits per heavy atom. The SMILES string of the molecule is Cc1ccc2nc(CCCCCC3CCCCC3)[nH]c2c1. The average molecular weight is 284 g/mol. The Morgan fingerprint density at radius 2 is 1.95 bits per heavy atom. The summed E-state index contributed by atoms with van der Waals surface area (Å²) in [6.07, 6.45) is 14.0. The molecule has 1 fully saturated rings. The van der Waals surface area contributed by atoms with Crippen molar-refractivity contribution in [2.45, 2.75) is 71.1 Å². The fourth-order valence-corrected chi connectivity index (χ4v) is 3.67. The molecule has 0 amide bonds. The molecule has 0 radical (unpaired) electrons. The third-order valence-electron chi connectivity index (χ3n) is 4.94. The van der Waals surface area contributed by atoms with Gasteiger partial charge < -0.3 is 4.98 Å². The zero-order valence-corrected chi connectivity index (χ0v) is 13.3. The molecule has 0 unspecified atom stereocenters. The van der Waals surface area contributed by atoms with E-state index in [2.05, 4.69) is 35.1 Å². The number of rotatable bonds is 6. The molecule has 1 aromatic carbocycles. The largest absolute Gasteiger partial charge is 0.342 e. The normalized spacial score (nSPS) is 16.6. The summed E-state index contributed by atoms with van der Waals surface area (Å²) in [6.45, 7) is 2.13. The van der Waals surface area contributed by atoms with Crippen LogP contribution in [0.15, 0.2) is 18.2 Å². The van der Waals surface area contributed by atoms with Crippen LogP contribution in [0, 0.1) is 12.8 Å². The number of nitrogens with zero attached hydrogens (tertiary/aromatic N) is 1. The van der Waals surface area contributed by atoms with Gasteiger partial charge in [-0.05, 0) is 37.0 Å². The van der Waals surface area contributed by atoms with E-state index in [-0.39, 0.29) is 0 Å². The fraction of sp³-hybridized carbons (Fsp3) is 0.632. The Hall–Kier alpha value is -1.31. The number of aryl methyl sites for hydroxylation is 2. The zero-order chi connectivity index (χ0) is 14.5. The summed E-state index contributed by atoms with van der Waals surface area (Å²) in [7, 11) is 0. The quantitative estimate of drug-likeness (QED) is 0.692. The molecule has 21 heavy (non-hydrogen) atoms. The minimum Gasteiger partial charge on any atom is -0.342 e. The van der Waals surface area contributed by atoms with Crippen molar-refractivity contribution in [2.24, 2.45) is 5.92 Å². The Labute approximate surface area is 128 Å². The lowest BCUT2D eigenvalue weighted by Crippen LogP contribution is -2.05. The van der Waals surface area contributed by atoms with Crippen LogP contribution in [0.1, 0.15) is 69.2 Å². The Bertz CT molecular complexity index is 564. The van der Waals surface area contributed by atoms with Crippen LogP contribution in [-0.4, -0.2) is 9.97 Å². The topological polar surface area (TPSA) is 28.7 Å². The molecular formula is C19H28N2. The molecule has 1 heterocycles. The summed E-state index contributed by atoms with van der Waals surface area (Å²) in [5.74, 6) is 2.20. The van der Waals surface area contributed by atoms with E-state index in [1.165, 1.54) is 68.9 Å². The molecule has 0 bridgehead atoms. The number of nitrogens with one attached hydrogen (secondary N) is 1. The number of imidazole rings is 1. The first kappa shape index (κ1) is 14.6. The molecule has 3 rings (SSSR count). The lowest BCUT2D eigenvalue weighted by molar-refractivity contribution is 0.328. The maximum absolute atomic E-state index is 4.69. The van der Waals surface area contributed by atoms with Gasteiger partial charge >= 0.3 is 0 Å². The van der Waals surface area contributed by atoms with E-state index in [0.717, 1.165) is 23.7 Å². The molecule has 0 saturated heterocycles. The van der Waals surface area contributed by atoms with Crippen molar-refractivity contribution in [3.63, 3.8) is 0 Å². The third-order valence-corrected chi connectivity index (χ3v) is 4.94. The van der Waals surface area contributed by atoms with Crippen LogP contribution in [0.3, 0.4) is 0 Å². The van der Waals surface area contributed by atoms with Crippen molar-refractivity contribution < 1.29 is 0 Å². The molecule has 1 aliphatic carbocycles. The van der Waals surface area contributed by atoms with Crippen molar-refractivity contribution in [3.8, 4) is 0 Å². The van der Waals surface area contributed by atoms with Crippen LogP contribution in [0.4, 0.5) is 0 Å². The highest BCUT2D eigenvalue weighted by molar-refractivity contribution is 5.75. The molecule has 114 valence electrons. The number of hydrogen-bond donors (Lipinski definition) is 1. The van der Waals surface area contributed by atoms with Gasteiger partial charge in [-0.2, -0.15) is 0 Å².